The van der Waals surface area contributed by atoms with E-state index in [1.807, 2.05) is 26.8 Å². The number of hydrogen-bond acceptors (Lipinski definition) is 8. The van der Waals surface area contributed by atoms with Gasteiger partial charge in [-0.3, -0.25) is 19.7 Å². The smallest absolute Gasteiger partial charge is 0.333 e. The van der Waals surface area contributed by atoms with Gasteiger partial charge in [-0.15, -0.1) is 0 Å². The van der Waals surface area contributed by atoms with Crippen LogP contribution in [-0.2, 0) is 46.4 Å². The average molecular weight is 574 g/mol. The van der Waals surface area contributed by atoms with E-state index in [-0.39, 0.29) is 18.9 Å². The molecule has 12 heteroatoms. The number of ether oxygens (including phenoxy) is 2. The summed E-state index contributed by atoms with van der Waals surface area (Å²) in [6.07, 6.45) is 0. The molecule has 1 aliphatic heterocycles. The maximum Gasteiger partial charge on any atom is 0.333 e. The molecule has 2 amide bonds. The molecule has 1 heterocycles. The zero-order valence-electron chi connectivity index (χ0n) is 22.1. The molecule has 0 bridgehead atoms. The summed E-state index contributed by atoms with van der Waals surface area (Å²) in [6.45, 7) is 10.9. The van der Waals surface area contributed by atoms with Gasteiger partial charge in [0.2, 0.25) is 5.91 Å². The summed E-state index contributed by atoms with van der Waals surface area (Å²) in [7, 11) is -0.863. The first kappa shape index (κ1) is 29.9. The normalized spacial score (nSPS) is 18.4. The van der Waals surface area contributed by atoms with Gasteiger partial charge in [-0.05, 0) is 53.5 Å². The number of nitrogens with one attached hydrogen (secondary N) is 1. The molecule has 2 aromatic carbocycles. The lowest BCUT2D eigenvalue weighted by Crippen LogP contribution is -2.76. The van der Waals surface area contributed by atoms with Gasteiger partial charge >= 0.3 is 5.97 Å². The van der Waals surface area contributed by atoms with E-state index in [4.69, 9.17) is 20.7 Å². The fourth-order valence-corrected chi connectivity index (χ4v) is 6.06. The van der Waals surface area contributed by atoms with Crippen molar-refractivity contribution in [1.82, 2.24) is 10.2 Å². The number of carbonyl (C=O) groups is 3. The van der Waals surface area contributed by atoms with Crippen LogP contribution in [0, 0.1) is 10.1 Å². The van der Waals surface area contributed by atoms with Gasteiger partial charge in [0.1, 0.15) is 23.8 Å². The highest BCUT2D eigenvalue weighted by molar-refractivity contribution is 8.30. The van der Waals surface area contributed by atoms with Crippen LogP contribution in [0.1, 0.15) is 33.3 Å². The number of nitro benzene ring substituents is 1. The Labute approximate surface area is 234 Å². The Morgan fingerprint density at radius 3 is 2.33 bits per heavy atom. The molecule has 3 rings (SSSR count). The molecule has 0 saturated carbocycles. The van der Waals surface area contributed by atoms with Crippen LogP contribution in [0.15, 0.2) is 66.7 Å². The molecule has 1 N–H and O–H groups in total. The van der Waals surface area contributed by atoms with Gasteiger partial charge in [-0.25, -0.2) is 4.79 Å². The minimum atomic E-state index is -1.12. The quantitative estimate of drug-likeness (QED) is 0.143. The van der Waals surface area contributed by atoms with Crippen LogP contribution in [0.3, 0.4) is 0 Å². The van der Waals surface area contributed by atoms with Crippen molar-refractivity contribution in [2.75, 3.05) is 6.61 Å². The van der Waals surface area contributed by atoms with Crippen LogP contribution in [0.2, 0.25) is 0 Å². The first-order chi connectivity index (χ1) is 18.3. The molecule has 0 aliphatic carbocycles. The molecule has 1 aliphatic rings. The number of benzene rings is 2. The lowest BCUT2D eigenvalue weighted by atomic mass is 9.99. The predicted octanol–water partition coefficient (Wildman–Crippen LogP) is 3.19. The molecule has 4 atom stereocenters. The second-order valence-electron chi connectivity index (χ2n) is 9.97. The number of likely N-dealkylation sites (tertiary alicyclic amines) is 1. The largest absolute Gasteiger partial charge is 0.484 e. The third-order valence-corrected chi connectivity index (χ3v) is 10.1. The topological polar surface area (TPSA) is 128 Å². The lowest BCUT2D eigenvalue weighted by Gasteiger charge is -2.52. The third kappa shape index (κ3) is 7.27. The number of non-ortho nitro benzene ring substituents is 1. The van der Waals surface area contributed by atoms with E-state index in [1.165, 1.54) is 29.2 Å². The molecule has 0 aromatic heterocycles. The molecule has 4 unspecified atom stereocenters. The summed E-state index contributed by atoms with van der Waals surface area (Å²) < 4.78 is 10.6. The summed E-state index contributed by atoms with van der Waals surface area (Å²) in [5, 5.41) is 12.9. The summed E-state index contributed by atoms with van der Waals surface area (Å²) in [6, 6.07) is 12.4. The molecule has 1 fully saturated rings. The number of β-lactam (4-membered cyclic amide) rings is 1. The average Bonchev–Trinajstić information content (AvgIpc) is 2.89. The number of rotatable bonds is 11. The van der Waals surface area contributed by atoms with E-state index in [1.54, 1.807) is 31.2 Å². The number of nitro groups is 1. The second-order valence-corrected chi connectivity index (χ2v) is 13.4. The number of esters is 1. The monoisotopic (exact) mass is 573 g/mol. The number of hydrogen-bond donors (Lipinski definition) is 1. The van der Waals surface area contributed by atoms with Crippen molar-refractivity contribution in [2.24, 2.45) is 0 Å². The standard InChI is InChI=1S/C27H31N3O7S2/c1-17(2)23(26(33)37-15-18-11-13-19(14-12-18)30(34)35)29-24(32)22(25(29)39(38)27(3,4)5)28-21(31)16-36-20-9-7-6-8-10-20/h6-14,22-23,25H,1,15-16H2,2-5H3,(H,28,31). The van der Waals surface area contributed by atoms with Crippen molar-refractivity contribution in [3.8, 4) is 5.75 Å². The molecule has 0 spiro atoms. The van der Waals surface area contributed by atoms with Crippen molar-refractivity contribution in [3.63, 3.8) is 0 Å². The Morgan fingerprint density at radius 2 is 1.79 bits per heavy atom. The Bertz CT molecular complexity index is 1280. The van der Waals surface area contributed by atoms with Crippen molar-refractivity contribution in [3.05, 3.63) is 82.4 Å². The molecule has 39 heavy (non-hydrogen) atoms. The Balaban J connectivity index is 1.75. The third-order valence-electron chi connectivity index (χ3n) is 5.83. The van der Waals surface area contributed by atoms with Gasteiger partial charge in [-0.1, -0.05) is 55.0 Å². The van der Waals surface area contributed by atoms with Crippen LogP contribution in [0.5, 0.6) is 5.75 Å². The van der Waals surface area contributed by atoms with Crippen LogP contribution in [-0.4, -0.2) is 56.4 Å². The van der Waals surface area contributed by atoms with Crippen molar-refractivity contribution < 1.29 is 28.8 Å². The molecular weight excluding hydrogens is 542 g/mol. The van der Waals surface area contributed by atoms with E-state index in [0.717, 1.165) is 0 Å². The maximum absolute atomic E-state index is 13.4. The van der Waals surface area contributed by atoms with Crippen molar-refractivity contribution in [2.45, 2.75) is 56.5 Å². The van der Waals surface area contributed by atoms with Crippen LogP contribution in [0.25, 0.3) is 0 Å². The zero-order chi connectivity index (χ0) is 28.9. The van der Waals surface area contributed by atoms with E-state index in [2.05, 4.69) is 11.9 Å². The summed E-state index contributed by atoms with van der Waals surface area (Å²) >= 11 is 5.83. The fourth-order valence-electron chi connectivity index (χ4n) is 3.86. The van der Waals surface area contributed by atoms with Crippen molar-refractivity contribution >= 4 is 44.1 Å². The maximum atomic E-state index is 13.4. The predicted molar refractivity (Wildman–Crippen MR) is 150 cm³/mol. The Morgan fingerprint density at radius 1 is 1.18 bits per heavy atom. The molecular formula is C27H31N3O7S2. The van der Waals surface area contributed by atoms with Crippen molar-refractivity contribution in [1.29, 1.82) is 0 Å². The molecule has 10 nitrogen and oxygen atoms in total. The molecule has 0 radical (unpaired) electrons. The Hall–Kier alpha value is -3.64. The number of nitrogens with zero attached hydrogens (tertiary/aromatic N) is 2. The molecule has 2 aromatic rings. The highest BCUT2D eigenvalue weighted by Gasteiger charge is 2.56. The minimum absolute atomic E-state index is 0.0826. The number of carbonyl (C=O) groups excluding carboxylic acids is 3. The van der Waals surface area contributed by atoms with E-state index >= 15 is 0 Å². The van der Waals surface area contributed by atoms with E-state index in [0.29, 0.717) is 16.9 Å². The van der Waals surface area contributed by atoms with Crippen LogP contribution >= 0.6 is 0 Å². The van der Waals surface area contributed by atoms with Gasteiger partial charge in [0, 0.05) is 16.9 Å². The van der Waals surface area contributed by atoms with Gasteiger partial charge in [-0.2, -0.15) is 0 Å². The van der Waals surface area contributed by atoms with E-state index < -0.39 is 54.4 Å². The number of amides is 2. The summed E-state index contributed by atoms with van der Waals surface area (Å²) in [4.78, 5) is 50.9. The summed E-state index contributed by atoms with van der Waals surface area (Å²) in [5.74, 6) is -1.16. The number of para-hydroxylation sites is 1. The van der Waals surface area contributed by atoms with Gasteiger partial charge < -0.3 is 19.7 Å². The fraction of sp³-hybridized carbons (Fsp3) is 0.370. The first-order valence-electron chi connectivity index (χ1n) is 12.1. The van der Waals surface area contributed by atoms with Crippen LogP contribution < -0.4 is 10.1 Å². The van der Waals surface area contributed by atoms with Crippen LogP contribution in [0.4, 0.5) is 5.69 Å². The SMILES string of the molecule is C=C(C)C(C(=O)OCc1ccc([N+](=O)[O-])cc1)N1C(=O)C(NC(=O)COc2ccccc2)C1S(=S)C(C)(C)C. The molecule has 1 saturated heterocycles. The van der Waals surface area contributed by atoms with Gasteiger partial charge in [0.15, 0.2) is 12.6 Å². The van der Waals surface area contributed by atoms with Gasteiger partial charge in [0.05, 0.1) is 4.92 Å². The Kier molecular flexibility index (Phi) is 9.57. The first-order valence-corrected chi connectivity index (χ1v) is 14.3. The second kappa shape index (κ2) is 12.5. The minimum Gasteiger partial charge on any atom is -0.484 e. The molecule has 208 valence electrons. The highest BCUT2D eigenvalue weighted by atomic mass is 32.8. The van der Waals surface area contributed by atoms with Gasteiger partial charge in [0.25, 0.3) is 11.6 Å². The van der Waals surface area contributed by atoms with E-state index in [9.17, 15) is 24.5 Å². The highest BCUT2D eigenvalue weighted by Crippen LogP contribution is 2.34. The zero-order valence-corrected chi connectivity index (χ0v) is 23.8. The lowest BCUT2D eigenvalue weighted by molar-refractivity contribution is -0.384. The summed E-state index contributed by atoms with van der Waals surface area (Å²) in [5.41, 5.74) is 0.836.